The molecule has 2 saturated heterocycles. The third-order valence-corrected chi connectivity index (χ3v) is 4.97. The van der Waals surface area contributed by atoms with Gasteiger partial charge in [-0.05, 0) is 25.6 Å². The van der Waals surface area contributed by atoms with E-state index in [1.807, 2.05) is 24.3 Å². The van der Waals surface area contributed by atoms with Crippen LogP contribution in [0.15, 0.2) is 30.6 Å². The minimum Gasteiger partial charge on any atom is -0.348 e. The van der Waals surface area contributed by atoms with Crippen LogP contribution in [-0.4, -0.2) is 76.2 Å². The molecule has 1 aromatic heterocycles. The van der Waals surface area contributed by atoms with Crippen molar-refractivity contribution in [1.29, 1.82) is 0 Å². The number of aromatic nitrogens is 3. The van der Waals surface area contributed by atoms with Crippen molar-refractivity contribution in [3.63, 3.8) is 0 Å². The van der Waals surface area contributed by atoms with Gasteiger partial charge in [0.05, 0.1) is 0 Å². The Morgan fingerprint density at radius 1 is 1.33 bits per heavy atom. The lowest BCUT2D eigenvalue weighted by Gasteiger charge is -2.34. The molecule has 0 aliphatic carbocycles. The van der Waals surface area contributed by atoms with Crippen LogP contribution in [0, 0.1) is 0 Å². The first-order valence-corrected chi connectivity index (χ1v) is 8.38. The van der Waals surface area contributed by atoms with Gasteiger partial charge >= 0.3 is 0 Å². The number of nitrogens with one attached hydrogen (secondary N) is 2. The predicted octanol–water partition coefficient (Wildman–Crippen LogP) is 0.590. The number of fused-ring (bicyclic) bond motifs is 1. The summed E-state index contributed by atoms with van der Waals surface area (Å²) in [6.07, 6.45) is 2.49. The van der Waals surface area contributed by atoms with E-state index < -0.39 is 0 Å². The number of amides is 1. The Labute approximate surface area is 141 Å². The minimum absolute atomic E-state index is 0.0189. The van der Waals surface area contributed by atoms with Crippen LogP contribution >= 0.6 is 0 Å². The minimum atomic E-state index is -0.0189. The van der Waals surface area contributed by atoms with Gasteiger partial charge in [-0.3, -0.25) is 14.8 Å². The molecule has 7 heteroatoms. The molecule has 2 fully saturated rings. The summed E-state index contributed by atoms with van der Waals surface area (Å²) in [5.74, 6) is 0.653. The third kappa shape index (κ3) is 3.05. The molecule has 0 saturated carbocycles. The summed E-state index contributed by atoms with van der Waals surface area (Å²) in [6, 6.07) is 8.28. The van der Waals surface area contributed by atoms with Gasteiger partial charge in [-0.1, -0.05) is 12.1 Å². The van der Waals surface area contributed by atoms with E-state index in [1.54, 1.807) is 0 Å². The van der Waals surface area contributed by atoms with Gasteiger partial charge in [-0.2, -0.15) is 5.10 Å². The SMILES string of the molecule is CN1CCN2C[C@@H](NC(=O)c3cccc(-c4ncn[nH]4)c3)C[C@H]2C1. The number of nitrogens with zero attached hydrogens (tertiary/aromatic N) is 4. The summed E-state index contributed by atoms with van der Waals surface area (Å²) in [4.78, 5) is 21.6. The highest BCUT2D eigenvalue weighted by molar-refractivity contribution is 5.95. The molecule has 126 valence electrons. The number of H-pyrrole nitrogens is 1. The lowest BCUT2D eigenvalue weighted by molar-refractivity contribution is 0.0936. The summed E-state index contributed by atoms with van der Waals surface area (Å²) < 4.78 is 0. The molecule has 1 aromatic carbocycles. The molecular weight excluding hydrogens is 304 g/mol. The fourth-order valence-electron chi connectivity index (χ4n) is 3.72. The highest BCUT2D eigenvalue weighted by Gasteiger charge is 2.35. The molecule has 7 nitrogen and oxygen atoms in total. The molecule has 2 aromatic rings. The van der Waals surface area contributed by atoms with E-state index in [-0.39, 0.29) is 11.9 Å². The number of rotatable bonds is 3. The Balaban J connectivity index is 1.43. The monoisotopic (exact) mass is 326 g/mol. The van der Waals surface area contributed by atoms with Crippen molar-refractivity contribution in [2.24, 2.45) is 0 Å². The molecule has 4 rings (SSSR count). The third-order valence-electron chi connectivity index (χ3n) is 4.97. The molecule has 0 unspecified atom stereocenters. The quantitative estimate of drug-likeness (QED) is 0.863. The number of aromatic amines is 1. The molecule has 2 atom stereocenters. The van der Waals surface area contributed by atoms with E-state index in [2.05, 4.69) is 37.3 Å². The first-order valence-electron chi connectivity index (χ1n) is 8.38. The molecule has 24 heavy (non-hydrogen) atoms. The zero-order chi connectivity index (χ0) is 16.5. The zero-order valence-corrected chi connectivity index (χ0v) is 13.8. The van der Waals surface area contributed by atoms with Crippen LogP contribution in [0.2, 0.25) is 0 Å². The Morgan fingerprint density at radius 3 is 3.08 bits per heavy atom. The number of hydrogen-bond donors (Lipinski definition) is 2. The summed E-state index contributed by atoms with van der Waals surface area (Å²) in [7, 11) is 2.16. The fraction of sp³-hybridized carbons (Fsp3) is 0.471. The van der Waals surface area contributed by atoms with E-state index in [0.29, 0.717) is 17.4 Å². The molecule has 0 spiro atoms. The van der Waals surface area contributed by atoms with Crippen LogP contribution in [0.3, 0.4) is 0 Å². The van der Waals surface area contributed by atoms with Crippen molar-refractivity contribution in [3.8, 4) is 11.4 Å². The standard InChI is InChI=1S/C17H22N6O/c1-22-5-6-23-9-14(8-15(23)10-22)20-17(24)13-4-2-3-12(7-13)16-18-11-19-21-16/h2-4,7,11,14-15H,5-6,8-10H2,1H3,(H,20,24)(H,18,19,21)/t14-,15-/m0/s1. The largest absolute Gasteiger partial charge is 0.348 e. The Bertz CT molecular complexity index is 716. The topological polar surface area (TPSA) is 77.2 Å². The van der Waals surface area contributed by atoms with Gasteiger partial charge in [0.25, 0.3) is 5.91 Å². The Morgan fingerprint density at radius 2 is 2.25 bits per heavy atom. The van der Waals surface area contributed by atoms with Crippen LogP contribution < -0.4 is 5.32 Å². The number of piperazine rings is 1. The molecule has 0 bridgehead atoms. The average molecular weight is 326 g/mol. The van der Waals surface area contributed by atoms with Gasteiger partial charge in [0.15, 0.2) is 5.82 Å². The van der Waals surface area contributed by atoms with E-state index in [4.69, 9.17) is 0 Å². The van der Waals surface area contributed by atoms with E-state index >= 15 is 0 Å². The van der Waals surface area contributed by atoms with Crippen molar-refractivity contribution in [2.75, 3.05) is 33.2 Å². The van der Waals surface area contributed by atoms with Crippen LogP contribution in [-0.2, 0) is 0 Å². The zero-order valence-electron chi connectivity index (χ0n) is 13.8. The van der Waals surface area contributed by atoms with Crippen LogP contribution in [0.4, 0.5) is 0 Å². The predicted molar refractivity (Wildman–Crippen MR) is 90.5 cm³/mol. The van der Waals surface area contributed by atoms with Gasteiger partial charge < -0.3 is 10.2 Å². The van der Waals surface area contributed by atoms with Crippen LogP contribution in [0.1, 0.15) is 16.8 Å². The normalized spacial score (nSPS) is 24.7. The molecule has 2 aliphatic heterocycles. The molecular formula is C17H22N6O. The highest BCUT2D eigenvalue weighted by Crippen LogP contribution is 2.22. The molecule has 2 N–H and O–H groups in total. The molecule has 0 radical (unpaired) electrons. The Kier molecular flexibility index (Phi) is 4.03. The van der Waals surface area contributed by atoms with Gasteiger partial charge in [0.2, 0.25) is 0 Å². The Hall–Kier alpha value is -2.25. The van der Waals surface area contributed by atoms with Gasteiger partial charge in [-0.15, -0.1) is 0 Å². The number of benzene rings is 1. The molecule has 2 aliphatic rings. The van der Waals surface area contributed by atoms with Crippen molar-refractivity contribution < 1.29 is 4.79 Å². The second kappa shape index (κ2) is 6.33. The maximum atomic E-state index is 12.6. The van der Waals surface area contributed by atoms with E-state index in [0.717, 1.165) is 38.2 Å². The first-order chi connectivity index (χ1) is 11.7. The fourth-order valence-corrected chi connectivity index (χ4v) is 3.72. The number of likely N-dealkylation sites (N-methyl/N-ethyl adjacent to an activating group) is 1. The van der Waals surface area contributed by atoms with E-state index in [1.165, 1.54) is 6.33 Å². The number of carbonyl (C=O) groups excluding carboxylic acids is 1. The lowest BCUT2D eigenvalue weighted by atomic mass is 10.1. The number of carbonyl (C=O) groups is 1. The summed E-state index contributed by atoms with van der Waals surface area (Å²) >= 11 is 0. The van der Waals surface area contributed by atoms with E-state index in [9.17, 15) is 4.79 Å². The smallest absolute Gasteiger partial charge is 0.251 e. The average Bonchev–Trinajstić information content (AvgIpc) is 3.23. The van der Waals surface area contributed by atoms with Crippen molar-refractivity contribution >= 4 is 5.91 Å². The van der Waals surface area contributed by atoms with Crippen LogP contribution in [0.5, 0.6) is 0 Å². The summed E-state index contributed by atoms with van der Waals surface area (Å²) in [5, 5.41) is 9.88. The van der Waals surface area contributed by atoms with Gasteiger partial charge in [0.1, 0.15) is 6.33 Å². The van der Waals surface area contributed by atoms with Crippen molar-refractivity contribution in [2.45, 2.75) is 18.5 Å². The maximum Gasteiger partial charge on any atom is 0.251 e. The second-order valence-corrected chi connectivity index (χ2v) is 6.73. The maximum absolute atomic E-state index is 12.6. The number of hydrogen-bond acceptors (Lipinski definition) is 5. The van der Waals surface area contributed by atoms with Crippen LogP contribution in [0.25, 0.3) is 11.4 Å². The molecule has 1 amide bonds. The lowest BCUT2D eigenvalue weighted by Crippen LogP contribution is -2.48. The first kappa shape index (κ1) is 15.3. The summed E-state index contributed by atoms with van der Waals surface area (Å²) in [5.41, 5.74) is 1.52. The summed E-state index contributed by atoms with van der Waals surface area (Å²) in [6.45, 7) is 4.24. The molecule has 3 heterocycles. The van der Waals surface area contributed by atoms with Gasteiger partial charge in [0, 0.05) is 49.4 Å². The second-order valence-electron chi connectivity index (χ2n) is 6.73. The van der Waals surface area contributed by atoms with Crippen molar-refractivity contribution in [1.82, 2.24) is 30.3 Å². The highest BCUT2D eigenvalue weighted by atomic mass is 16.1. The van der Waals surface area contributed by atoms with Crippen molar-refractivity contribution in [3.05, 3.63) is 36.2 Å². The van der Waals surface area contributed by atoms with Gasteiger partial charge in [-0.25, -0.2) is 4.98 Å².